The van der Waals surface area contributed by atoms with E-state index in [4.69, 9.17) is 0 Å². The molecule has 0 radical (unpaired) electrons. The quantitative estimate of drug-likeness (QED) is 0.215. The van der Waals surface area contributed by atoms with Crippen molar-refractivity contribution in [1.29, 1.82) is 0 Å². The second kappa shape index (κ2) is 8.17. The molecule has 0 aromatic heterocycles. The van der Waals surface area contributed by atoms with Gasteiger partial charge >= 0.3 is 47.4 Å². The Morgan fingerprint density at radius 2 is 0.839 bits per heavy atom. The molecule has 186 valence electrons. The van der Waals surface area contributed by atoms with Crippen LogP contribution in [0, 0.1) is 0 Å². The van der Waals surface area contributed by atoms with Gasteiger partial charge in [-0.25, -0.2) is 0 Å². The fourth-order valence-corrected chi connectivity index (χ4v) is 1.94. The normalized spacial score (nSPS) is 15.9. The highest BCUT2D eigenvalue weighted by atomic mass is 19.4. The number of allylic oxidation sites excluding steroid dienone is 1. The molecule has 0 atom stereocenters. The van der Waals surface area contributed by atoms with Crippen LogP contribution in [0.15, 0.2) is 12.7 Å². The van der Waals surface area contributed by atoms with Gasteiger partial charge in [0.1, 0.15) is 0 Å². The molecule has 0 saturated carbocycles. The lowest BCUT2D eigenvalue weighted by Crippen LogP contribution is -2.74. The number of methoxy groups -OCH3 is 1. The Bertz CT molecular complexity index is 638. The van der Waals surface area contributed by atoms with Gasteiger partial charge in [0.05, 0.1) is 6.61 Å². The fraction of sp³-hybridized carbons (Fsp3) is 0.857. The van der Waals surface area contributed by atoms with Crippen molar-refractivity contribution < 1.29 is 75.0 Å². The third kappa shape index (κ3) is 4.05. The predicted molar refractivity (Wildman–Crippen MR) is 70.9 cm³/mol. The maximum atomic E-state index is 13.5. The van der Waals surface area contributed by atoms with Crippen LogP contribution in [0.2, 0.25) is 0 Å². The van der Waals surface area contributed by atoms with Crippen molar-refractivity contribution in [2.24, 2.45) is 0 Å². The lowest BCUT2D eigenvalue weighted by Gasteiger charge is -2.43. The van der Waals surface area contributed by atoms with Gasteiger partial charge < -0.3 is 4.74 Å². The number of hydrogen-bond donors (Lipinski definition) is 0. The van der Waals surface area contributed by atoms with Gasteiger partial charge in [-0.1, -0.05) is 6.08 Å². The van der Waals surface area contributed by atoms with Gasteiger partial charge in [-0.3, -0.25) is 0 Å². The fourth-order valence-electron chi connectivity index (χ4n) is 1.94. The summed E-state index contributed by atoms with van der Waals surface area (Å²) >= 11 is 0. The van der Waals surface area contributed by atoms with Crippen molar-refractivity contribution in [2.75, 3.05) is 13.7 Å². The minimum atomic E-state index is -8.39. The van der Waals surface area contributed by atoms with Crippen LogP contribution < -0.4 is 0 Å². The summed E-state index contributed by atoms with van der Waals surface area (Å²) in [6.45, 7) is 0.816. The molecule has 0 saturated heterocycles. The first kappa shape index (κ1) is 29.6. The van der Waals surface area contributed by atoms with E-state index in [-0.39, 0.29) is 6.08 Å². The molecule has 0 amide bonds. The van der Waals surface area contributed by atoms with Gasteiger partial charge in [0.2, 0.25) is 0 Å². The van der Waals surface area contributed by atoms with Crippen molar-refractivity contribution in [1.82, 2.24) is 0 Å². The van der Waals surface area contributed by atoms with Gasteiger partial charge in [-0.2, -0.15) is 70.2 Å². The molecule has 0 aliphatic rings. The number of alkyl halides is 16. The summed E-state index contributed by atoms with van der Waals surface area (Å²) in [5.41, 5.74) is 0. The molecule has 17 heteroatoms. The first-order chi connectivity index (χ1) is 13.4. The summed E-state index contributed by atoms with van der Waals surface area (Å²) < 4.78 is 218. The van der Waals surface area contributed by atoms with E-state index in [1.165, 1.54) is 0 Å². The van der Waals surface area contributed by atoms with E-state index in [2.05, 4.69) is 11.3 Å². The van der Waals surface area contributed by atoms with E-state index in [9.17, 15) is 70.2 Å². The summed E-state index contributed by atoms with van der Waals surface area (Å²) in [4.78, 5) is 0. The number of hydrogen-bond acceptors (Lipinski definition) is 1. The van der Waals surface area contributed by atoms with Crippen LogP contribution in [-0.2, 0) is 4.74 Å². The zero-order chi connectivity index (χ0) is 25.5. The molecule has 0 aliphatic heterocycles. The molecule has 31 heavy (non-hydrogen) atoms. The van der Waals surface area contributed by atoms with Crippen LogP contribution in [0.3, 0.4) is 0 Å². The highest BCUT2D eigenvalue weighted by Gasteiger charge is 2.94. The van der Waals surface area contributed by atoms with Gasteiger partial charge in [0.25, 0.3) is 0 Å². The maximum absolute atomic E-state index is 13.5. The molecule has 0 aromatic rings. The van der Waals surface area contributed by atoms with Crippen LogP contribution in [0.4, 0.5) is 70.2 Å². The minimum absolute atomic E-state index is 0.264. The average molecular weight is 500 g/mol. The number of rotatable bonds is 12. The molecule has 1 nitrogen and oxygen atoms in total. The van der Waals surface area contributed by atoms with E-state index in [0.29, 0.717) is 7.11 Å². The van der Waals surface area contributed by atoms with Crippen LogP contribution in [0.5, 0.6) is 0 Å². The van der Waals surface area contributed by atoms with Crippen molar-refractivity contribution in [3.63, 3.8) is 0 Å². The smallest absolute Gasteiger partial charge is 0.384 e. The minimum Gasteiger partial charge on any atom is -0.384 e. The van der Waals surface area contributed by atoms with Crippen LogP contribution in [-0.4, -0.2) is 61.1 Å². The Morgan fingerprint density at radius 3 is 1.13 bits per heavy atom. The SMILES string of the molecule is C=CCC(F)(F)C(F)(F)C(F)(F)C(F)(F)C(F)(F)C(F)(F)C(F)(F)C(F)(F)CCOC. The topological polar surface area (TPSA) is 9.23 Å². The van der Waals surface area contributed by atoms with Crippen molar-refractivity contribution in [2.45, 2.75) is 60.2 Å². The number of ether oxygens (including phenoxy) is 1. The molecule has 0 rings (SSSR count). The van der Waals surface area contributed by atoms with Gasteiger partial charge in [-0.15, -0.1) is 6.58 Å². The second-order valence-electron chi connectivity index (χ2n) is 6.09. The van der Waals surface area contributed by atoms with Crippen LogP contribution >= 0.6 is 0 Å². The van der Waals surface area contributed by atoms with E-state index in [1.807, 2.05) is 0 Å². The summed E-state index contributed by atoms with van der Waals surface area (Å²) in [7, 11) is 0.529. The monoisotopic (exact) mass is 500 g/mol. The zero-order valence-electron chi connectivity index (χ0n) is 14.9. The third-order valence-corrected chi connectivity index (χ3v) is 3.91. The molecule has 0 bridgehead atoms. The van der Waals surface area contributed by atoms with Crippen LogP contribution in [0.1, 0.15) is 12.8 Å². The number of halogens is 16. The Morgan fingerprint density at radius 1 is 0.548 bits per heavy atom. The van der Waals surface area contributed by atoms with Crippen molar-refractivity contribution in [3.8, 4) is 0 Å². The lowest BCUT2D eigenvalue weighted by molar-refractivity contribution is -0.453. The highest BCUT2D eigenvalue weighted by Crippen LogP contribution is 2.64. The van der Waals surface area contributed by atoms with Gasteiger partial charge in [0, 0.05) is 20.0 Å². The molecule has 0 heterocycles. The van der Waals surface area contributed by atoms with Crippen LogP contribution in [0.25, 0.3) is 0 Å². The first-order valence-corrected chi connectivity index (χ1v) is 7.49. The molecule has 0 N–H and O–H groups in total. The maximum Gasteiger partial charge on any atom is 0.384 e. The van der Waals surface area contributed by atoms with E-state index < -0.39 is 66.8 Å². The molecule has 0 aromatic carbocycles. The Balaban J connectivity index is 6.65. The summed E-state index contributed by atoms with van der Waals surface area (Å²) in [6, 6.07) is 0. The highest BCUT2D eigenvalue weighted by molar-refractivity contribution is 5.16. The molecule has 0 fully saturated rings. The van der Waals surface area contributed by atoms with Gasteiger partial charge in [-0.05, 0) is 0 Å². The van der Waals surface area contributed by atoms with Crippen molar-refractivity contribution in [3.05, 3.63) is 12.7 Å². The Kier molecular flexibility index (Phi) is 7.80. The lowest BCUT2D eigenvalue weighted by atomic mass is 9.86. The Hall–Kier alpha value is -1.42. The predicted octanol–water partition coefficient (Wildman–Crippen LogP) is 6.68. The van der Waals surface area contributed by atoms with E-state index >= 15 is 0 Å². The van der Waals surface area contributed by atoms with Crippen molar-refractivity contribution >= 4 is 0 Å². The van der Waals surface area contributed by atoms with Gasteiger partial charge in [0.15, 0.2) is 0 Å². The summed E-state index contributed by atoms with van der Waals surface area (Å²) in [5.74, 6) is -60.8. The molecular weight excluding hydrogens is 488 g/mol. The first-order valence-electron chi connectivity index (χ1n) is 7.49. The van der Waals surface area contributed by atoms with E-state index in [0.717, 1.165) is 0 Å². The summed E-state index contributed by atoms with van der Waals surface area (Å²) in [5, 5.41) is 0. The molecular formula is C14H12F16O. The zero-order valence-corrected chi connectivity index (χ0v) is 14.9. The Labute approximate surface area is 163 Å². The largest absolute Gasteiger partial charge is 0.384 e. The molecule has 0 aliphatic carbocycles. The molecule has 0 spiro atoms. The van der Waals surface area contributed by atoms with E-state index in [1.54, 1.807) is 0 Å². The standard InChI is InChI=1S/C14H12F16O/c1-3-4-7(15,16)9(19,20)11(23,24)13(27,28)14(29,30)12(25,26)10(21,22)8(17,18)5-6-31-2/h3H,1,4-6H2,2H3. The average Bonchev–Trinajstić information content (AvgIpc) is 2.58. The molecule has 0 unspecified atom stereocenters. The third-order valence-electron chi connectivity index (χ3n) is 3.91. The second-order valence-corrected chi connectivity index (χ2v) is 6.09. The summed E-state index contributed by atoms with van der Waals surface area (Å²) in [6.07, 6.45) is -5.37.